The van der Waals surface area contributed by atoms with Gasteiger partial charge in [-0.05, 0) is 63.8 Å². The van der Waals surface area contributed by atoms with E-state index >= 15 is 0 Å². The first kappa shape index (κ1) is 16.7. The fourth-order valence-corrected chi connectivity index (χ4v) is 3.54. The summed E-state index contributed by atoms with van der Waals surface area (Å²) in [5.74, 6) is 1.58. The predicted octanol–water partition coefficient (Wildman–Crippen LogP) is 4.79. The molecule has 1 aliphatic carbocycles. The van der Waals surface area contributed by atoms with Crippen LogP contribution in [0.2, 0.25) is 0 Å². The van der Waals surface area contributed by atoms with Gasteiger partial charge in [0.2, 0.25) is 0 Å². The van der Waals surface area contributed by atoms with Gasteiger partial charge in [0.05, 0.1) is 12.3 Å². The molecule has 1 aliphatic rings. The van der Waals surface area contributed by atoms with Gasteiger partial charge in [0.1, 0.15) is 11.4 Å². The maximum Gasteiger partial charge on any atom is 0.178 e. The third-order valence-electron chi connectivity index (χ3n) is 4.74. The zero-order valence-corrected chi connectivity index (χ0v) is 15.3. The summed E-state index contributed by atoms with van der Waals surface area (Å²) < 4.78 is 5.87. The molecule has 0 saturated carbocycles. The van der Waals surface area contributed by atoms with Crippen LogP contribution in [0.15, 0.2) is 42.5 Å². The van der Waals surface area contributed by atoms with Crippen molar-refractivity contribution in [2.24, 2.45) is 0 Å². The minimum atomic E-state index is 0.635. The summed E-state index contributed by atoms with van der Waals surface area (Å²) in [6.07, 6.45) is 4.38. The highest BCUT2D eigenvalue weighted by atomic mass is 16.5. The predicted molar refractivity (Wildman–Crippen MR) is 103 cm³/mol. The third-order valence-corrected chi connectivity index (χ3v) is 4.74. The second kappa shape index (κ2) is 7.24. The van der Waals surface area contributed by atoms with E-state index in [-0.39, 0.29) is 0 Å². The van der Waals surface area contributed by atoms with Crippen LogP contribution in [0.5, 0.6) is 5.75 Å². The lowest BCUT2D eigenvalue weighted by atomic mass is 9.92. The van der Waals surface area contributed by atoms with Gasteiger partial charge in [-0.3, -0.25) is 0 Å². The van der Waals surface area contributed by atoms with Crippen LogP contribution < -0.4 is 4.74 Å². The van der Waals surface area contributed by atoms with E-state index in [1.807, 2.05) is 50.2 Å². The molecule has 4 rings (SSSR count). The topological polar surface area (TPSA) is 47.9 Å². The van der Waals surface area contributed by atoms with E-state index in [9.17, 15) is 0 Å². The molecule has 0 radical (unpaired) electrons. The fourth-order valence-electron chi connectivity index (χ4n) is 3.54. The smallest absolute Gasteiger partial charge is 0.178 e. The summed E-state index contributed by atoms with van der Waals surface area (Å²) >= 11 is 0. The summed E-state index contributed by atoms with van der Waals surface area (Å²) in [6.45, 7) is 4.64. The molecule has 26 heavy (non-hydrogen) atoms. The average Bonchev–Trinajstić information content (AvgIpc) is 2.68. The van der Waals surface area contributed by atoms with E-state index in [0.29, 0.717) is 12.4 Å². The maximum atomic E-state index is 5.87. The number of rotatable bonds is 4. The molecule has 0 N–H and O–H groups in total. The van der Waals surface area contributed by atoms with E-state index in [1.54, 1.807) is 0 Å². The maximum absolute atomic E-state index is 5.87. The van der Waals surface area contributed by atoms with Gasteiger partial charge in [-0.25, -0.2) is 15.0 Å². The number of hydrogen-bond donors (Lipinski definition) is 0. The Labute approximate surface area is 154 Å². The van der Waals surface area contributed by atoms with Gasteiger partial charge in [-0.1, -0.05) is 18.2 Å². The quantitative estimate of drug-likeness (QED) is 0.682. The Balaban J connectivity index is 1.92. The second-order valence-electron chi connectivity index (χ2n) is 6.62. The number of aryl methyl sites for hydroxylation is 2. The van der Waals surface area contributed by atoms with E-state index in [1.165, 1.54) is 18.4 Å². The van der Waals surface area contributed by atoms with Crippen molar-refractivity contribution in [1.29, 1.82) is 0 Å². The molecule has 0 amide bonds. The van der Waals surface area contributed by atoms with Gasteiger partial charge in [0, 0.05) is 22.5 Å². The first-order chi connectivity index (χ1) is 12.8. The van der Waals surface area contributed by atoms with Gasteiger partial charge >= 0.3 is 0 Å². The van der Waals surface area contributed by atoms with Crippen LogP contribution in [0, 0.1) is 6.92 Å². The number of nitrogens with zero attached hydrogens (tertiary/aromatic N) is 3. The summed E-state index contributed by atoms with van der Waals surface area (Å²) in [4.78, 5) is 14.5. The molecule has 0 unspecified atom stereocenters. The van der Waals surface area contributed by atoms with Crippen LogP contribution in [-0.4, -0.2) is 21.6 Å². The minimum absolute atomic E-state index is 0.635. The number of benzene rings is 1. The van der Waals surface area contributed by atoms with Crippen molar-refractivity contribution < 1.29 is 4.74 Å². The number of ether oxygens (including phenoxy) is 1. The Kier molecular flexibility index (Phi) is 4.65. The molecule has 0 saturated heterocycles. The van der Waals surface area contributed by atoms with Crippen LogP contribution in [0.1, 0.15) is 36.7 Å². The lowest BCUT2D eigenvalue weighted by Crippen LogP contribution is -2.11. The SMILES string of the molecule is CCOc1ccccc1-c1nc(-c2cccc(C)n2)nc2c1CCCC2. The van der Waals surface area contributed by atoms with Crippen LogP contribution in [0.25, 0.3) is 22.8 Å². The van der Waals surface area contributed by atoms with Crippen LogP contribution >= 0.6 is 0 Å². The Bertz CT molecular complexity index is 936. The standard InChI is InChI=1S/C22H23N3O/c1-3-26-20-14-7-5-11-17(20)21-16-10-4-6-12-18(16)24-22(25-21)19-13-8-9-15(2)23-19/h5,7-9,11,13-14H,3-4,6,10,12H2,1-2H3. The molecule has 0 spiro atoms. The zero-order chi connectivity index (χ0) is 17.9. The van der Waals surface area contributed by atoms with Crippen LogP contribution in [0.3, 0.4) is 0 Å². The van der Waals surface area contributed by atoms with Crippen LogP contribution in [0.4, 0.5) is 0 Å². The summed E-state index contributed by atoms with van der Waals surface area (Å²) in [7, 11) is 0. The van der Waals surface area contributed by atoms with Gasteiger partial charge < -0.3 is 4.74 Å². The summed E-state index contributed by atoms with van der Waals surface area (Å²) in [5, 5.41) is 0. The highest BCUT2D eigenvalue weighted by molar-refractivity contribution is 5.72. The monoisotopic (exact) mass is 345 g/mol. The number of hydrogen-bond acceptors (Lipinski definition) is 4. The molecule has 4 nitrogen and oxygen atoms in total. The molecule has 0 bridgehead atoms. The second-order valence-corrected chi connectivity index (χ2v) is 6.62. The normalized spacial score (nSPS) is 13.3. The highest BCUT2D eigenvalue weighted by Gasteiger charge is 2.21. The molecule has 4 heteroatoms. The minimum Gasteiger partial charge on any atom is -0.493 e. The Hall–Kier alpha value is -2.75. The number of para-hydroxylation sites is 1. The first-order valence-corrected chi connectivity index (χ1v) is 9.32. The van der Waals surface area contributed by atoms with Crippen molar-refractivity contribution in [3.05, 3.63) is 59.4 Å². The molecule has 132 valence electrons. The molecule has 2 heterocycles. The zero-order valence-electron chi connectivity index (χ0n) is 15.3. The van der Waals surface area contributed by atoms with Crippen LogP contribution in [-0.2, 0) is 12.8 Å². The molecule has 2 aromatic heterocycles. The van der Waals surface area contributed by atoms with E-state index < -0.39 is 0 Å². The molecule has 1 aromatic carbocycles. The van der Waals surface area contributed by atoms with E-state index in [2.05, 4.69) is 11.1 Å². The number of aromatic nitrogens is 3. The fraction of sp³-hybridized carbons (Fsp3) is 0.318. The third kappa shape index (κ3) is 3.19. The molecular weight excluding hydrogens is 322 g/mol. The van der Waals surface area contributed by atoms with Gasteiger partial charge in [0.15, 0.2) is 5.82 Å². The van der Waals surface area contributed by atoms with Crippen molar-refractivity contribution in [2.75, 3.05) is 6.61 Å². The molecule has 0 aliphatic heterocycles. The Morgan fingerprint density at radius 3 is 2.62 bits per heavy atom. The summed E-state index contributed by atoms with van der Waals surface area (Å²) in [5.41, 5.74) is 6.26. The highest BCUT2D eigenvalue weighted by Crippen LogP contribution is 2.36. The molecule has 3 aromatic rings. The largest absolute Gasteiger partial charge is 0.493 e. The molecular formula is C22H23N3O. The average molecular weight is 345 g/mol. The van der Waals surface area contributed by atoms with E-state index in [4.69, 9.17) is 14.7 Å². The molecule has 0 atom stereocenters. The van der Waals surface area contributed by atoms with Crippen molar-refractivity contribution in [3.8, 4) is 28.5 Å². The van der Waals surface area contributed by atoms with Gasteiger partial charge in [0.25, 0.3) is 0 Å². The number of fused-ring (bicyclic) bond motifs is 1. The van der Waals surface area contributed by atoms with Crippen molar-refractivity contribution in [3.63, 3.8) is 0 Å². The number of pyridine rings is 1. The van der Waals surface area contributed by atoms with Crippen molar-refractivity contribution >= 4 is 0 Å². The van der Waals surface area contributed by atoms with E-state index in [0.717, 1.165) is 46.9 Å². The first-order valence-electron chi connectivity index (χ1n) is 9.32. The molecule has 0 fully saturated rings. The summed E-state index contributed by atoms with van der Waals surface area (Å²) in [6, 6.07) is 14.1. The Morgan fingerprint density at radius 1 is 0.923 bits per heavy atom. The lowest BCUT2D eigenvalue weighted by Gasteiger charge is -2.20. The van der Waals surface area contributed by atoms with Crippen molar-refractivity contribution in [2.45, 2.75) is 39.5 Å². The van der Waals surface area contributed by atoms with Crippen molar-refractivity contribution in [1.82, 2.24) is 15.0 Å². The lowest BCUT2D eigenvalue weighted by molar-refractivity contribution is 0.341. The van der Waals surface area contributed by atoms with Gasteiger partial charge in [-0.15, -0.1) is 0 Å². The Morgan fingerprint density at radius 2 is 1.77 bits per heavy atom. The van der Waals surface area contributed by atoms with Gasteiger partial charge in [-0.2, -0.15) is 0 Å².